The van der Waals surface area contributed by atoms with Crippen LogP contribution in [0, 0.1) is 11.7 Å². The molecule has 1 saturated carbocycles. The van der Waals surface area contributed by atoms with Crippen molar-refractivity contribution in [3.05, 3.63) is 35.7 Å². The highest BCUT2D eigenvalue weighted by Crippen LogP contribution is 2.42. The third-order valence-electron chi connectivity index (χ3n) is 4.12. The van der Waals surface area contributed by atoms with Crippen LogP contribution in [0.5, 0.6) is 0 Å². The van der Waals surface area contributed by atoms with Crippen LogP contribution < -0.4 is 4.90 Å². The molecule has 0 radical (unpaired) electrons. The van der Waals surface area contributed by atoms with Crippen LogP contribution in [0.15, 0.2) is 24.3 Å². The lowest BCUT2D eigenvalue weighted by atomic mass is 10.1. The molecule has 2 atom stereocenters. The molecule has 1 aromatic rings. The fourth-order valence-electron chi connectivity index (χ4n) is 3.33. The van der Waals surface area contributed by atoms with Crippen LogP contribution in [-0.4, -0.2) is 23.7 Å². The van der Waals surface area contributed by atoms with E-state index in [1.54, 1.807) is 12.1 Å². The van der Waals surface area contributed by atoms with Gasteiger partial charge in [0.1, 0.15) is 5.82 Å². The lowest BCUT2D eigenvalue weighted by Crippen LogP contribution is -2.33. The third-order valence-corrected chi connectivity index (χ3v) is 4.12. The Balaban J connectivity index is 1.97. The summed E-state index contributed by atoms with van der Waals surface area (Å²) in [5.41, 5.74) is 1.21. The molecule has 2 unspecified atom stereocenters. The third kappa shape index (κ3) is 2.23. The number of benzene rings is 1. The monoisotopic (exact) mass is 261 g/mol. The van der Waals surface area contributed by atoms with Gasteiger partial charge in [-0.2, -0.15) is 0 Å². The second kappa shape index (κ2) is 4.68. The molecule has 2 aliphatic rings. The predicted octanol–water partition coefficient (Wildman–Crippen LogP) is 2.91. The van der Waals surface area contributed by atoms with Gasteiger partial charge in [0.2, 0.25) is 0 Å². The van der Waals surface area contributed by atoms with E-state index in [0.29, 0.717) is 23.2 Å². The minimum atomic E-state index is -1.02. The van der Waals surface area contributed by atoms with Crippen LogP contribution in [-0.2, 0) is 4.79 Å². The SMILES string of the molecule is O=C(O)/C=C/c1cccc(F)c1N1CC2CCC1C2. The molecule has 1 aromatic carbocycles. The lowest BCUT2D eigenvalue weighted by molar-refractivity contribution is -0.131. The summed E-state index contributed by atoms with van der Waals surface area (Å²) in [6, 6.07) is 5.25. The summed E-state index contributed by atoms with van der Waals surface area (Å²) in [5, 5.41) is 8.71. The van der Waals surface area contributed by atoms with Crippen molar-refractivity contribution in [2.45, 2.75) is 25.3 Å². The average molecular weight is 261 g/mol. The Hall–Kier alpha value is -1.84. The number of halogens is 1. The van der Waals surface area contributed by atoms with Gasteiger partial charge in [0, 0.05) is 24.2 Å². The van der Waals surface area contributed by atoms with Crippen molar-refractivity contribution >= 4 is 17.7 Å². The van der Waals surface area contributed by atoms with Gasteiger partial charge in [0.05, 0.1) is 5.69 Å². The van der Waals surface area contributed by atoms with E-state index in [0.717, 1.165) is 25.5 Å². The summed E-state index contributed by atoms with van der Waals surface area (Å²) in [6.07, 6.45) is 6.02. The van der Waals surface area contributed by atoms with Crippen molar-refractivity contribution in [3.8, 4) is 0 Å². The molecule has 2 bridgehead atoms. The van der Waals surface area contributed by atoms with Crippen molar-refractivity contribution in [2.24, 2.45) is 5.92 Å². The summed E-state index contributed by atoms with van der Waals surface area (Å²) >= 11 is 0. The van der Waals surface area contributed by atoms with E-state index in [1.807, 2.05) is 0 Å². The number of hydrogen-bond donors (Lipinski definition) is 1. The van der Waals surface area contributed by atoms with Crippen molar-refractivity contribution in [1.82, 2.24) is 0 Å². The Morgan fingerprint density at radius 1 is 1.42 bits per heavy atom. The zero-order valence-corrected chi connectivity index (χ0v) is 10.6. The first-order chi connectivity index (χ1) is 9.15. The van der Waals surface area contributed by atoms with Gasteiger partial charge in [-0.1, -0.05) is 12.1 Å². The first-order valence-corrected chi connectivity index (χ1v) is 6.61. The highest BCUT2D eigenvalue weighted by molar-refractivity contribution is 5.87. The van der Waals surface area contributed by atoms with Crippen molar-refractivity contribution in [3.63, 3.8) is 0 Å². The van der Waals surface area contributed by atoms with Gasteiger partial charge < -0.3 is 10.0 Å². The maximum atomic E-state index is 14.1. The number of aliphatic carboxylic acids is 1. The molecule has 2 fully saturated rings. The van der Waals surface area contributed by atoms with Gasteiger partial charge in [0.25, 0.3) is 0 Å². The summed E-state index contributed by atoms with van der Waals surface area (Å²) in [5.74, 6) is -0.612. The van der Waals surface area contributed by atoms with Crippen LogP contribution in [0.4, 0.5) is 10.1 Å². The van der Waals surface area contributed by atoms with Gasteiger partial charge in [-0.3, -0.25) is 0 Å². The van der Waals surface area contributed by atoms with E-state index in [1.165, 1.54) is 18.6 Å². The molecule has 100 valence electrons. The van der Waals surface area contributed by atoms with Gasteiger partial charge in [0.15, 0.2) is 0 Å². The first kappa shape index (κ1) is 12.2. The van der Waals surface area contributed by atoms with E-state index in [2.05, 4.69) is 4.90 Å². The maximum Gasteiger partial charge on any atom is 0.328 e. The van der Waals surface area contributed by atoms with Crippen molar-refractivity contribution in [2.75, 3.05) is 11.4 Å². The number of carboxylic acids is 1. The van der Waals surface area contributed by atoms with Crippen LogP contribution in [0.25, 0.3) is 6.08 Å². The van der Waals surface area contributed by atoms with E-state index in [4.69, 9.17) is 5.11 Å². The van der Waals surface area contributed by atoms with E-state index in [-0.39, 0.29) is 5.82 Å². The number of fused-ring (bicyclic) bond motifs is 2. The lowest BCUT2D eigenvalue weighted by Gasteiger charge is -2.30. The fraction of sp³-hybridized carbons (Fsp3) is 0.400. The smallest absolute Gasteiger partial charge is 0.328 e. The number of rotatable bonds is 3. The molecular weight excluding hydrogens is 245 g/mol. The molecule has 1 saturated heterocycles. The highest BCUT2D eigenvalue weighted by atomic mass is 19.1. The van der Waals surface area contributed by atoms with Crippen LogP contribution >= 0.6 is 0 Å². The maximum absolute atomic E-state index is 14.1. The Bertz CT molecular complexity index is 541. The standard InChI is InChI=1S/C15H16FNO2/c16-13-3-1-2-11(5-7-14(18)19)15(13)17-9-10-4-6-12(17)8-10/h1-3,5,7,10,12H,4,6,8-9H2,(H,18,19)/b7-5+. The number of piperidine rings is 1. The number of anilines is 1. The van der Waals surface area contributed by atoms with E-state index >= 15 is 0 Å². The van der Waals surface area contributed by atoms with E-state index in [9.17, 15) is 9.18 Å². The molecule has 19 heavy (non-hydrogen) atoms. The summed E-state index contributed by atoms with van der Waals surface area (Å²) in [7, 11) is 0. The number of carbonyl (C=O) groups is 1. The quantitative estimate of drug-likeness (QED) is 0.850. The Morgan fingerprint density at radius 3 is 2.89 bits per heavy atom. The second-order valence-corrected chi connectivity index (χ2v) is 5.33. The Morgan fingerprint density at radius 2 is 2.26 bits per heavy atom. The molecule has 0 amide bonds. The van der Waals surface area contributed by atoms with Crippen molar-refractivity contribution in [1.29, 1.82) is 0 Å². The molecule has 1 aliphatic heterocycles. The van der Waals surface area contributed by atoms with Crippen LogP contribution in [0.2, 0.25) is 0 Å². The molecule has 3 rings (SSSR count). The molecule has 3 nitrogen and oxygen atoms in total. The molecule has 0 aromatic heterocycles. The highest BCUT2D eigenvalue weighted by Gasteiger charge is 2.39. The zero-order valence-electron chi connectivity index (χ0n) is 10.6. The first-order valence-electron chi connectivity index (χ1n) is 6.61. The number of carboxylic acid groups (broad SMARTS) is 1. The van der Waals surface area contributed by atoms with Gasteiger partial charge in [-0.15, -0.1) is 0 Å². The fourth-order valence-corrected chi connectivity index (χ4v) is 3.33. The van der Waals surface area contributed by atoms with Gasteiger partial charge in [-0.05, 0) is 37.3 Å². The Labute approximate surface area is 111 Å². The van der Waals surface area contributed by atoms with E-state index < -0.39 is 5.97 Å². The summed E-state index contributed by atoms with van der Waals surface area (Å²) in [6.45, 7) is 0.888. The van der Waals surface area contributed by atoms with Crippen LogP contribution in [0.3, 0.4) is 0 Å². The molecule has 1 N–H and O–H groups in total. The molecule has 4 heteroatoms. The average Bonchev–Trinajstić information content (AvgIpc) is 2.98. The number of hydrogen-bond acceptors (Lipinski definition) is 2. The van der Waals surface area contributed by atoms with Gasteiger partial charge >= 0.3 is 5.97 Å². The number of nitrogens with zero attached hydrogens (tertiary/aromatic N) is 1. The van der Waals surface area contributed by atoms with Crippen LogP contribution in [0.1, 0.15) is 24.8 Å². The summed E-state index contributed by atoms with van der Waals surface area (Å²) in [4.78, 5) is 12.7. The molecule has 1 heterocycles. The number of para-hydroxylation sites is 1. The molecule has 0 spiro atoms. The molecular formula is C15H16FNO2. The van der Waals surface area contributed by atoms with Gasteiger partial charge in [-0.25, -0.2) is 9.18 Å². The Kier molecular flexibility index (Phi) is 3.01. The second-order valence-electron chi connectivity index (χ2n) is 5.33. The van der Waals surface area contributed by atoms with Crippen molar-refractivity contribution < 1.29 is 14.3 Å². The predicted molar refractivity (Wildman–Crippen MR) is 71.5 cm³/mol. The normalized spacial score (nSPS) is 25.4. The topological polar surface area (TPSA) is 40.5 Å². The summed E-state index contributed by atoms with van der Waals surface area (Å²) < 4.78 is 14.1. The molecule has 1 aliphatic carbocycles. The minimum Gasteiger partial charge on any atom is -0.478 e. The minimum absolute atomic E-state index is 0.264. The zero-order chi connectivity index (χ0) is 13.4. The largest absolute Gasteiger partial charge is 0.478 e.